The number of rotatable bonds is 7. The minimum absolute atomic E-state index is 0.0262. The van der Waals surface area contributed by atoms with Crippen molar-refractivity contribution in [1.82, 2.24) is 28.8 Å². The monoisotopic (exact) mass is 710 g/mol. The van der Waals surface area contributed by atoms with Crippen molar-refractivity contribution in [1.29, 1.82) is 0 Å². The lowest BCUT2D eigenvalue weighted by atomic mass is 9.88. The lowest BCUT2D eigenvalue weighted by molar-refractivity contribution is 0.0506. The number of hydrogen-bond acceptors (Lipinski definition) is 6. The van der Waals surface area contributed by atoms with Crippen LogP contribution in [0.3, 0.4) is 0 Å². The zero-order chi connectivity index (χ0) is 36.6. The van der Waals surface area contributed by atoms with Crippen LogP contribution in [-0.4, -0.2) is 83.8 Å². The van der Waals surface area contributed by atoms with Gasteiger partial charge in [0.1, 0.15) is 5.82 Å². The number of carboxylic acid groups (broad SMARTS) is 1. The number of carbonyl (C=O) groups is 1. The van der Waals surface area contributed by atoms with E-state index in [1.54, 1.807) is 6.07 Å². The molecule has 10 nitrogen and oxygen atoms in total. The molecule has 3 fully saturated rings. The van der Waals surface area contributed by atoms with Gasteiger partial charge < -0.3 is 14.9 Å². The molecule has 7 rings (SSSR count). The molecule has 52 heavy (non-hydrogen) atoms. The second-order valence-electron chi connectivity index (χ2n) is 16.0. The first-order valence-electron chi connectivity index (χ1n) is 19.0. The lowest BCUT2D eigenvalue weighted by Gasteiger charge is -2.42. The number of piperidine rings is 2. The number of nitrogens with zero attached hydrogens (tertiary/aromatic N) is 6. The minimum Gasteiger partial charge on any atom is -0.465 e. The van der Waals surface area contributed by atoms with Gasteiger partial charge in [-0.05, 0) is 133 Å². The van der Waals surface area contributed by atoms with Crippen molar-refractivity contribution >= 4 is 17.1 Å². The average molecular weight is 711 g/mol. The Balaban J connectivity index is 1.12. The summed E-state index contributed by atoms with van der Waals surface area (Å²) >= 11 is 0. The van der Waals surface area contributed by atoms with Gasteiger partial charge in [-0.3, -0.25) is 14.3 Å². The van der Waals surface area contributed by atoms with Crippen LogP contribution < -0.4 is 11.2 Å². The number of amides is 1. The van der Waals surface area contributed by atoms with Crippen molar-refractivity contribution < 1.29 is 14.3 Å². The molecular weight excluding hydrogens is 659 g/mol. The standard InChI is InChI=1S/C41H51FN6O4/c1-41(2,3)48(40(51)52)34-16-14-33(15-17-34)47-38(49)36-25-31(42)26-43-37(36)46(39(47)50)35-9-7-8-30(24-35)29-12-10-28(11-13-29)27-44-22-18-32(19-23-44)45-20-5-4-6-21-45/h7-13,24-26,32-34H,4-6,14-23,27H2,1-3H3,(H,51,52). The van der Waals surface area contributed by atoms with Gasteiger partial charge in [0, 0.05) is 30.2 Å². The Kier molecular flexibility index (Phi) is 10.4. The fourth-order valence-electron chi connectivity index (χ4n) is 8.91. The molecule has 1 N–H and O–H groups in total. The summed E-state index contributed by atoms with van der Waals surface area (Å²) in [5.41, 5.74) is 2.08. The van der Waals surface area contributed by atoms with Crippen LogP contribution >= 0.6 is 0 Å². The minimum atomic E-state index is -0.986. The van der Waals surface area contributed by atoms with Gasteiger partial charge in [0.25, 0.3) is 5.56 Å². The fourth-order valence-corrected chi connectivity index (χ4v) is 8.91. The molecule has 2 saturated heterocycles. The zero-order valence-electron chi connectivity index (χ0n) is 30.6. The Morgan fingerprint density at radius 2 is 1.56 bits per heavy atom. The van der Waals surface area contributed by atoms with E-state index < -0.39 is 34.7 Å². The van der Waals surface area contributed by atoms with E-state index >= 15 is 0 Å². The molecule has 1 amide bonds. The van der Waals surface area contributed by atoms with Crippen LogP contribution in [0.1, 0.15) is 90.2 Å². The molecule has 1 saturated carbocycles. The smallest absolute Gasteiger partial charge is 0.407 e. The van der Waals surface area contributed by atoms with Crippen LogP contribution in [0.2, 0.25) is 0 Å². The second-order valence-corrected chi connectivity index (χ2v) is 16.0. The maximum atomic E-state index is 14.5. The van der Waals surface area contributed by atoms with E-state index in [4.69, 9.17) is 0 Å². The molecule has 11 heteroatoms. The summed E-state index contributed by atoms with van der Waals surface area (Å²) in [7, 11) is 0. The third kappa shape index (κ3) is 7.43. The van der Waals surface area contributed by atoms with E-state index in [1.807, 2.05) is 39.0 Å². The summed E-state index contributed by atoms with van der Waals surface area (Å²) in [6.07, 6.45) is 8.43. The van der Waals surface area contributed by atoms with Gasteiger partial charge in [0.05, 0.1) is 17.3 Å². The Morgan fingerprint density at radius 3 is 2.21 bits per heavy atom. The molecule has 2 aromatic carbocycles. The van der Waals surface area contributed by atoms with Gasteiger partial charge >= 0.3 is 11.8 Å². The molecule has 0 radical (unpaired) electrons. The predicted molar refractivity (Wildman–Crippen MR) is 202 cm³/mol. The maximum Gasteiger partial charge on any atom is 0.407 e. The first-order valence-corrected chi connectivity index (χ1v) is 19.0. The van der Waals surface area contributed by atoms with Gasteiger partial charge in [0.2, 0.25) is 0 Å². The first-order chi connectivity index (χ1) is 25.0. The first kappa shape index (κ1) is 36.0. The molecule has 4 aromatic rings. The molecule has 0 bridgehead atoms. The molecule has 276 valence electrons. The molecule has 0 spiro atoms. The summed E-state index contributed by atoms with van der Waals surface area (Å²) < 4.78 is 17.2. The van der Waals surface area contributed by atoms with Crippen LogP contribution in [0.25, 0.3) is 27.8 Å². The normalized spacial score (nSPS) is 21.0. The highest BCUT2D eigenvalue weighted by Crippen LogP contribution is 2.34. The Bertz CT molecular complexity index is 2010. The van der Waals surface area contributed by atoms with Crippen LogP contribution in [0, 0.1) is 5.82 Å². The van der Waals surface area contributed by atoms with Crippen LogP contribution in [0.5, 0.6) is 0 Å². The topological polar surface area (TPSA) is 104 Å². The van der Waals surface area contributed by atoms with Crippen LogP contribution in [-0.2, 0) is 6.54 Å². The van der Waals surface area contributed by atoms with Crippen molar-refractivity contribution in [2.45, 2.75) is 109 Å². The van der Waals surface area contributed by atoms with E-state index in [-0.39, 0.29) is 17.1 Å². The van der Waals surface area contributed by atoms with E-state index in [0.29, 0.717) is 31.4 Å². The number of aromatic nitrogens is 3. The van der Waals surface area contributed by atoms with Crippen molar-refractivity contribution in [2.24, 2.45) is 0 Å². The number of pyridine rings is 1. The van der Waals surface area contributed by atoms with E-state index in [9.17, 15) is 23.9 Å². The highest BCUT2D eigenvalue weighted by molar-refractivity contribution is 5.76. The van der Waals surface area contributed by atoms with Gasteiger partial charge in [-0.2, -0.15) is 0 Å². The molecule has 0 unspecified atom stereocenters. The number of hydrogen-bond donors (Lipinski definition) is 1. The summed E-state index contributed by atoms with van der Waals surface area (Å²) in [5.74, 6) is -0.660. The molecule has 1 aliphatic carbocycles. The highest BCUT2D eigenvalue weighted by Gasteiger charge is 2.37. The maximum absolute atomic E-state index is 14.5. The molecule has 0 atom stereocenters. The Morgan fingerprint density at radius 1 is 0.865 bits per heavy atom. The van der Waals surface area contributed by atoms with Crippen molar-refractivity contribution in [3.05, 3.63) is 93.0 Å². The lowest BCUT2D eigenvalue weighted by Crippen LogP contribution is -2.53. The summed E-state index contributed by atoms with van der Waals surface area (Å²) in [5, 5.41) is 9.97. The van der Waals surface area contributed by atoms with Gasteiger partial charge in [-0.1, -0.05) is 42.8 Å². The largest absolute Gasteiger partial charge is 0.465 e. The molecule has 3 aliphatic rings. The van der Waals surface area contributed by atoms with Gasteiger partial charge in [-0.15, -0.1) is 0 Å². The van der Waals surface area contributed by atoms with Crippen molar-refractivity contribution in [3.8, 4) is 16.8 Å². The van der Waals surface area contributed by atoms with E-state index in [1.165, 1.54) is 64.8 Å². The van der Waals surface area contributed by atoms with Crippen LogP contribution in [0.4, 0.5) is 9.18 Å². The summed E-state index contributed by atoms with van der Waals surface area (Å²) in [6, 6.07) is 17.3. The van der Waals surface area contributed by atoms with E-state index in [0.717, 1.165) is 49.1 Å². The highest BCUT2D eigenvalue weighted by atomic mass is 19.1. The molecular formula is C41H51FN6O4. The number of fused-ring (bicyclic) bond motifs is 1. The number of likely N-dealkylation sites (tertiary alicyclic amines) is 2. The number of benzene rings is 2. The zero-order valence-corrected chi connectivity index (χ0v) is 30.6. The molecule has 4 heterocycles. The van der Waals surface area contributed by atoms with Gasteiger partial charge in [-0.25, -0.2) is 23.5 Å². The predicted octanol–water partition coefficient (Wildman–Crippen LogP) is 7.07. The SMILES string of the molecule is CC(C)(C)N(C(=O)O)C1CCC(n2c(=O)c3cc(F)cnc3n(-c3cccc(-c4ccc(CN5CCC(N6CCCCC6)CC5)cc4)c3)c2=O)CC1. The quantitative estimate of drug-likeness (QED) is 0.219. The van der Waals surface area contributed by atoms with Crippen molar-refractivity contribution in [3.63, 3.8) is 0 Å². The van der Waals surface area contributed by atoms with Crippen LogP contribution in [0.15, 0.2) is 70.4 Å². The summed E-state index contributed by atoms with van der Waals surface area (Å²) in [6.45, 7) is 11.3. The molecule has 2 aliphatic heterocycles. The fraction of sp³-hybridized carbons (Fsp3) is 0.512. The Hall–Kier alpha value is -4.35. The third-order valence-corrected chi connectivity index (χ3v) is 11.5. The summed E-state index contributed by atoms with van der Waals surface area (Å²) in [4.78, 5) is 51.3. The second kappa shape index (κ2) is 14.9. The molecule has 2 aromatic heterocycles. The van der Waals surface area contributed by atoms with E-state index in [2.05, 4.69) is 39.0 Å². The average Bonchev–Trinajstić information content (AvgIpc) is 3.13. The third-order valence-electron chi connectivity index (χ3n) is 11.5. The van der Waals surface area contributed by atoms with Crippen molar-refractivity contribution in [2.75, 3.05) is 26.2 Å². The van der Waals surface area contributed by atoms with Gasteiger partial charge in [0.15, 0.2) is 5.65 Å². The number of halogens is 1. The Labute approximate surface area is 304 Å².